The van der Waals surface area contributed by atoms with Crippen molar-refractivity contribution in [3.05, 3.63) is 0 Å². The first kappa shape index (κ1) is 9.48. The number of aliphatic hydroxyl groups excluding tert-OH is 1. The topological polar surface area (TPSA) is 72.5 Å². The van der Waals surface area contributed by atoms with Gasteiger partial charge in [0, 0.05) is 6.04 Å². The summed E-state index contributed by atoms with van der Waals surface area (Å²) in [5, 5.41) is 9.31. The SMILES string of the molecule is COC(=O)C1CC(N)CC(O)C1. The highest BCUT2D eigenvalue weighted by Crippen LogP contribution is 2.24. The molecule has 0 radical (unpaired) electrons. The van der Waals surface area contributed by atoms with Gasteiger partial charge >= 0.3 is 5.97 Å². The maximum Gasteiger partial charge on any atom is 0.308 e. The summed E-state index contributed by atoms with van der Waals surface area (Å²) in [7, 11) is 1.36. The molecular formula is C8H15NO3. The lowest BCUT2D eigenvalue weighted by atomic mass is 9.84. The minimum Gasteiger partial charge on any atom is -0.469 e. The van der Waals surface area contributed by atoms with E-state index < -0.39 is 6.10 Å². The molecule has 3 atom stereocenters. The second kappa shape index (κ2) is 3.87. The zero-order valence-corrected chi connectivity index (χ0v) is 7.19. The fourth-order valence-electron chi connectivity index (χ4n) is 1.69. The van der Waals surface area contributed by atoms with Crippen LogP contribution in [-0.4, -0.2) is 30.3 Å². The van der Waals surface area contributed by atoms with Crippen molar-refractivity contribution in [3.63, 3.8) is 0 Å². The van der Waals surface area contributed by atoms with Crippen LogP contribution in [0.25, 0.3) is 0 Å². The molecule has 1 rings (SSSR count). The van der Waals surface area contributed by atoms with Crippen LogP contribution in [-0.2, 0) is 9.53 Å². The molecule has 3 N–H and O–H groups in total. The van der Waals surface area contributed by atoms with Gasteiger partial charge in [0.15, 0.2) is 0 Å². The van der Waals surface area contributed by atoms with E-state index in [1.807, 2.05) is 0 Å². The molecule has 0 aromatic rings. The summed E-state index contributed by atoms with van der Waals surface area (Å²) in [4.78, 5) is 11.1. The van der Waals surface area contributed by atoms with Crippen molar-refractivity contribution in [1.29, 1.82) is 0 Å². The summed E-state index contributed by atoms with van der Waals surface area (Å²) in [5.41, 5.74) is 5.64. The van der Waals surface area contributed by atoms with E-state index in [0.29, 0.717) is 19.3 Å². The number of ether oxygens (including phenoxy) is 1. The van der Waals surface area contributed by atoms with Crippen LogP contribution in [0.3, 0.4) is 0 Å². The molecule has 0 heterocycles. The first-order valence-corrected chi connectivity index (χ1v) is 4.15. The Labute approximate surface area is 71.7 Å². The predicted octanol–water partition coefficient (Wildman–Crippen LogP) is -0.352. The van der Waals surface area contributed by atoms with Crippen LogP contribution >= 0.6 is 0 Å². The van der Waals surface area contributed by atoms with Crippen LogP contribution < -0.4 is 5.73 Å². The number of carbonyl (C=O) groups is 1. The quantitative estimate of drug-likeness (QED) is 0.531. The fourth-order valence-corrected chi connectivity index (χ4v) is 1.69. The number of esters is 1. The predicted molar refractivity (Wildman–Crippen MR) is 43.3 cm³/mol. The van der Waals surface area contributed by atoms with E-state index >= 15 is 0 Å². The molecule has 0 aromatic carbocycles. The molecule has 0 bridgehead atoms. The third kappa shape index (κ3) is 2.19. The lowest BCUT2D eigenvalue weighted by Gasteiger charge is -2.28. The number of aliphatic hydroxyl groups is 1. The molecule has 0 spiro atoms. The van der Waals surface area contributed by atoms with Crippen molar-refractivity contribution in [1.82, 2.24) is 0 Å². The van der Waals surface area contributed by atoms with Gasteiger partial charge in [0.25, 0.3) is 0 Å². The average Bonchev–Trinajstić information content (AvgIpc) is 2.01. The van der Waals surface area contributed by atoms with Crippen molar-refractivity contribution in [2.45, 2.75) is 31.4 Å². The molecule has 0 saturated heterocycles. The Kier molecular flexibility index (Phi) is 3.05. The van der Waals surface area contributed by atoms with Crippen LogP contribution in [0.2, 0.25) is 0 Å². The van der Waals surface area contributed by atoms with Crippen LogP contribution in [0.15, 0.2) is 0 Å². The lowest BCUT2D eigenvalue weighted by Crippen LogP contribution is -2.38. The summed E-state index contributed by atoms with van der Waals surface area (Å²) >= 11 is 0. The Hall–Kier alpha value is -0.610. The van der Waals surface area contributed by atoms with Crippen LogP contribution in [0.1, 0.15) is 19.3 Å². The molecule has 0 aromatic heterocycles. The van der Waals surface area contributed by atoms with Gasteiger partial charge in [-0.2, -0.15) is 0 Å². The van der Waals surface area contributed by atoms with E-state index in [0.717, 1.165) is 0 Å². The normalized spacial score (nSPS) is 36.1. The first-order chi connectivity index (χ1) is 5.63. The number of methoxy groups -OCH3 is 1. The van der Waals surface area contributed by atoms with Crippen molar-refractivity contribution < 1.29 is 14.6 Å². The highest BCUT2D eigenvalue weighted by atomic mass is 16.5. The maximum absolute atomic E-state index is 11.1. The highest BCUT2D eigenvalue weighted by molar-refractivity contribution is 5.72. The van der Waals surface area contributed by atoms with E-state index in [4.69, 9.17) is 5.73 Å². The number of carbonyl (C=O) groups excluding carboxylic acids is 1. The molecule has 1 aliphatic rings. The summed E-state index contributed by atoms with van der Waals surface area (Å²) < 4.78 is 4.58. The van der Waals surface area contributed by atoms with Crippen molar-refractivity contribution >= 4 is 5.97 Å². The minimum absolute atomic E-state index is 0.0714. The van der Waals surface area contributed by atoms with E-state index in [1.54, 1.807) is 0 Å². The Morgan fingerprint density at radius 2 is 2.17 bits per heavy atom. The Balaban J connectivity index is 2.49. The molecule has 70 valence electrons. The second-order valence-electron chi connectivity index (χ2n) is 3.34. The Bertz CT molecular complexity index is 162. The van der Waals surface area contributed by atoms with Crippen molar-refractivity contribution in [2.75, 3.05) is 7.11 Å². The molecule has 3 unspecified atom stereocenters. The van der Waals surface area contributed by atoms with Gasteiger partial charge in [0.05, 0.1) is 19.1 Å². The number of rotatable bonds is 1. The molecule has 1 aliphatic carbocycles. The van der Waals surface area contributed by atoms with Crippen LogP contribution in [0, 0.1) is 5.92 Å². The van der Waals surface area contributed by atoms with Gasteiger partial charge in [-0.05, 0) is 19.3 Å². The monoisotopic (exact) mass is 173 g/mol. The van der Waals surface area contributed by atoms with Crippen LogP contribution in [0.4, 0.5) is 0 Å². The lowest BCUT2D eigenvalue weighted by molar-refractivity contribution is -0.148. The molecule has 12 heavy (non-hydrogen) atoms. The largest absolute Gasteiger partial charge is 0.469 e. The average molecular weight is 173 g/mol. The molecule has 4 nitrogen and oxygen atoms in total. The van der Waals surface area contributed by atoms with E-state index in [-0.39, 0.29) is 17.9 Å². The molecule has 1 fully saturated rings. The van der Waals surface area contributed by atoms with E-state index in [1.165, 1.54) is 7.11 Å². The minimum atomic E-state index is -0.446. The van der Waals surface area contributed by atoms with Crippen molar-refractivity contribution in [2.24, 2.45) is 11.7 Å². The van der Waals surface area contributed by atoms with Gasteiger partial charge in [0.2, 0.25) is 0 Å². The Morgan fingerprint density at radius 3 is 2.67 bits per heavy atom. The zero-order valence-electron chi connectivity index (χ0n) is 7.19. The number of hydrogen-bond acceptors (Lipinski definition) is 4. The third-order valence-corrected chi connectivity index (χ3v) is 2.25. The number of nitrogens with two attached hydrogens (primary N) is 1. The third-order valence-electron chi connectivity index (χ3n) is 2.25. The van der Waals surface area contributed by atoms with Crippen molar-refractivity contribution in [3.8, 4) is 0 Å². The molecular weight excluding hydrogens is 158 g/mol. The van der Waals surface area contributed by atoms with E-state index in [2.05, 4.69) is 4.74 Å². The second-order valence-corrected chi connectivity index (χ2v) is 3.34. The standard InChI is InChI=1S/C8H15NO3/c1-12-8(11)5-2-6(9)4-7(10)3-5/h5-7,10H,2-4,9H2,1H3. The van der Waals surface area contributed by atoms with Gasteiger partial charge in [-0.25, -0.2) is 0 Å². The summed E-state index contributed by atoms with van der Waals surface area (Å²) in [6.45, 7) is 0. The van der Waals surface area contributed by atoms with Crippen LogP contribution in [0.5, 0.6) is 0 Å². The zero-order chi connectivity index (χ0) is 9.14. The van der Waals surface area contributed by atoms with Gasteiger partial charge in [-0.3, -0.25) is 4.79 Å². The summed E-state index contributed by atoms with van der Waals surface area (Å²) in [5.74, 6) is -0.474. The van der Waals surface area contributed by atoms with Gasteiger partial charge < -0.3 is 15.6 Å². The summed E-state index contributed by atoms with van der Waals surface area (Å²) in [6.07, 6.45) is 1.26. The highest BCUT2D eigenvalue weighted by Gasteiger charge is 2.30. The van der Waals surface area contributed by atoms with Gasteiger partial charge in [-0.1, -0.05) is 0 Å². The van der Waals surface area contributed by atoms with Gasteiger partial charge in [-0.15, -0.1) is 0 Å². The number of hydrogen-bond donors (Lipinski definition) is 2. The smallest absolute Gasteiger partial charge is 0.308 e. The maximum atomic E-state index is 11.1. The fraction of sp³-hybridized carbons (Fsp3) is 0.875. The summed E-state index contributed by atoms with van der Waals surface area (Å²) in [6, 6.07) is -0.0714. The van der Waals surface area contributed by atoms with Gasteiger partial charge in [0.1, 0.15) is 0 Å². The molecule has 0 aliphatic heterocycles. The Morgan fingerprint density at radius 1 is 1.50 bits per heavy atom. The molecule has 1 saturated carbocycles. The molecule has 4 heteroatoms. The van der Waals surface area contributed by atoms with E-state index in [9.17, 15) is 9.90 Å². The molecule has 0 amide bonds. The first-order valence-electron chi connectivity index (χ1n) is 4.15.